The highest BCUT2D eigenvalue weighted by Gasteiger charge is 2.19. The zero-order chi connectivity index (χ0) is 13.7. The molecular formula is C13H19NO3S. The van der Waals surface area contributed by atoms with E-state index in [2.05, 4.69) is 5.32 Å². The maximum atomic E-state index is 11.9. The lowest BCUT2D eigenvalue weighted by molar-refractivity contribution is -0.115. The Labute approximate surface area is 110 Å². The van der Waals surface area contributed by atoms with Gasteiger partial charge in [0.1, 0.15) is 5.25 Å². The van der Waals surface area contributed by atoms with E-state index in [4.69, 9.17) is 5.11 Å². The SMILES string of the molecule is Cc1ccc(NC(=O)C(C)S(=O)CCO)c(C)c1. The van der Waals surface area contributed by atoms with Gasteiger partial charge in [-0.1, -0.05) is 17.7 Å². The van der Waals surface area contributed by atoms with Crippen LogP contribution >= 0.6 is 0 Å². The highest BCUT2D eigenvalue weighted by Crippen LogP contribution is 2.16. The van der Waals surface area contributed by atoms with Crippen molar-refractivity contribution in [2.75, 3.05) is 17.7 Å². The van der Waals surface area contributed by atoms with E-state index >= 15 is 0 Å². The van der Waals surface area contributed by atoms with Crippen LogP contribution in [-0.4, -0.2) is 32.8 Å². The predicted octanol–water partition coefficient (Wildman–Crippen LogP) is 1.37. The van der Waals surface area contributed by atoms with Crippen molar-refractivity contribution in [1.82, 2.24) is 0 Å². The Hall–Kier alpha value is -1.20. The summed E-state index contributed by atoms with van der Waals surface area (Å²) in [5.41, 5.74) is 2.84. The molecule has 0 saturated carbocycles. The fraction of sp³-hybridized carbons (Fsp3) is 0.462. The molecule has 0 fully saturated rings. The summed E-state index contributed by atoms with van der Waals surface area (Å²) in [6.45, 7) is 5.33. The van der Waals surface area contributed by atoms with Crippen LogP contribution in [0, 0.1) is 13.8 Å². The van der Waals surface area contributed by atoms with E-state index < -0.39 is 16.0 Å². The number of benzene rings is 1. The first kappa shape index (κ1) is 14.9. The average molecular weight is 269 g/mol. The van der Waals surface area contributed by atoms with E-state index in [0.717, 1.165) is 16.8 Å². The van der Waals surface area contributed by atoms with E-state index in [1.807, 2.05) is 32.0 Å². The van der Waals surface area contributed by atoms with Crippen LogP contribution < -0.4 is 5.32 Å². The van der Waals surface area contributed by atoms with Crippen LogP contribution in [0.5, 0.6) is 0 Å². The number of hydrogen-bond acceptors (Lipinski definition) is 3. The first-order valence-electron chi connectivity index (χ1n) is 5.82. The summed E-state index contributed by atoms with van der Waals surface area (Å²) < 4.78 is 11.6. The summed E-state index contributed by atoms with van der Waals surface area (Å²) in [6.07, 6.45) is 0. The van der Waals surface area contributed by atoms with Crippen LogP contribution in [0.4, 0.5) is 5.69 Å². The van der Waals surface area contributed by atoms with Gasteiger partial charge in [0.2, 0.25) is 5.91 Å². The van der Waals surface area contributed by atoms with Crippen molar-refractivity contribution < 1.29 is 14.1 Å². The number of rotatable bonds is 5. The van der Waals surface area contributed by atoms with E-state index in [1.54, 1.807) is 6.92 Å². The summed E-state index contributed by atoms with van der Waals surface area (Å²) in [5, 5.41) is 10.8. The van der Waals surface area contributed by atoms with E-state index in [-0.39, 0.29) is 18.3 Å². The molecule has 5 heteroatoms. The second-order valence-corrected chi connectivity index (χ2v) is 6.14. The number of hydrogen-bond donors (Lipinski definition) is 2. The third-order valence-corrected chi connectivity index (χ3v) is 4.28. The minimum absolute atomic E-state index is 0.126. The lowest BCUT2D eigenvalue weighted by Gasteiger charge is -2.13. The molecule has 0 bridgehead atoms. The molecule has 0 aliphatic heterocycles. The van der Waals surface area contributed by atoms with Gasteiger partial charge in [0.05, 0.1) is 6.61 Å². The molecule has 100 valence electrons. The Balaban J connectivity index is 2.72. The molecule has 1 amide bonds. The quantitative estimate of drug-likeness (QED) is 0.848. The number of anilines is 1. The predicted molar refractivity (Wildman–Crippen MR) is 74.1 cm³/mol. The molecule has 0 heterocycles. The molecule has 0 aliphatic rings. The largest absolute Gasteiger partial charge is 0.395 e. The normalized spacial score (nSPS) is 14.0. The minimum Gasteiger partial charge on any atom is -0.395 e. The lowest BCUT2D eigenvalue weighted by Crippen LogP contribution is -2.31. The van der Waals surface area contributed by atoms with Gasteiger partial charge in [0.25, 0.3) is 0 Å². The van der Waals surface area contributed by atoms with Crippen molar-refractivity contribution >= 4 is 22.4 Å². The molecule has 0 aliphatic carbocycles. The summed E-state index contributed by atoms with van der Waals surface area (Å²) in [5.74, 6) is -0.157. The Morgan fingerprint density at radius 2 is 2.11 bits per heavy atom. The number of carbonyl (C=O) groups is 1. The van der Waals surface area contributed by atoms with Crippen molar-refractivity contribution in [2.45, 2.75) is 26.0 Å². The van der Waals surface area contributed by atoms with Crippen molar-refractivity contribution in [1.29, 1.82) is 0 Å². The maximum Gasteiger partial charge on any atom is 0.239 e. The van der Waals surface area contributed by atoms with Gasteiger partial charge in [-0.05, 0) is 32.4 Å². The molecule has 2 atom stereocenters. The van der Waals surface area contributed by atoms with Crippen molar-refractivity contribution in [3.63, 3.8) is 0 Å². The number of amides is 1. The fourth-order valence-corrected chi connectivity index (χ4v) is 2.41. The zero-order valence-electron chi connectivity index (χ0n) is 10.9. The molecule has 0 spiro atoms. The molecule has 18 heavy (non-hydrogen) atoms. The molecule has 0 saturated heterocycles. The van der Waals surface area contributed by atoms with Gasteiger partial charge in [-0.15, -0.1) is 0 Å². The third-order valence-electron chi connectivity index (χ3n) is 2.70. The summed E-state index contributed by atoms with van der Waals surface area (Å²) in [7, 11) is -1.34. The smallest absolute Gasteiger partial charge is 0.239 e. The van der Waals surface area contributed by atoms with Gasteiger partial charge in [-0.2, -0.15) is 0 Å². The second kappa shape index (κ2) is 6.66. The Bertz CT molecular complexity index is 460. The molecule has 1 aromatic carbocycles. The molecule has 0 radical (unpaired) electrons. The van der Waals surface area contributed by atoms with Crippen LogP contribution in [0.25, 0.3) is 0 Å². The van der Waals surface area contributed by atoms with Crippen LogP contribution in [0.2, 0.25) is 0 Å². The number of nitrogens with one attached hydrogen (secondary N) is 1. The van der Waals surface area contributed by atoms with Gasteiger partial charge < -0.3 is 10.4 Å². The summed E-state index contributed by atoms with van der Waals surface area (Å²) in [6, 6.07) is 5.73. The molecular weight excluding hydrogens is 250 g/mol. The molecule has 2 N–H and O–H groups in total. The Morgan fingerprint density at radius 1 is 1.44 bits per heavy atom. The van der Waals surface area contributed by atoms with Gasteiger partial charge >= 0.3 is 0 Å². The topological polar surface area (TPSA) is 66.4 Å². The number of aryl methyl sites for hydroxylation is 2. The van der Waals surface area contributed by atoms with Gasteiger partial charge in [-0.3, -0.25) is 9.00 Å². The molecule has 0 aromatic heterocycles. The van der Waals surface area contributed by atoms with Gasteiger partial charge in [-0.25, -0.2) is 0 Å². The van der Waals surface area contributed by atoms with Crippen molar-refractivity contribution in [2.24, 2.45) is 0 Å². The van der Waals surface area contributed by atoms with Crippen LogP contribution in [0.1, 0.15) is 18.1 Å². The highest BCUT2D eigenvalue weighted by atomic mass is 32.2. The molecule has 4 nitrogen and oxygen atoms in total. The van der Waals surface area contributed by atoms with E-state index in [0.29, 0.717) is 0 Å². The first-order chi connectivity index (χ1) is 8.45. The standard InChI is InChI=1S/C13H19NO3S/c1-9-4-5-12(10(2)8-9)14-13(16)11(3)18(17)7-6-15/h4-5,8,11,15H,6-7H2,1-3H3,(H,14,16). The maximum absolute atomic E-state index is 11.9. The summed E-state index contributed by atoms with van der Waals surface area (Å²) in [4.78, 5) is 11.9. The lowest BCUT2D eigenvalue weighted by atomic mass is 10.1. The van der Waals surface area contributed by atoms with Gasteiger partial charge in [0.15, 0.2) is 0 Å². The molecule has 2 unspecified atom stereocenters. The van der Waals surface area contributed by atoms with Crippen molar-refractivity contribution in [3.8, 4) is 0 Å². The van der Waals surface area contributed by atoms with E-state index in [9.17, 15) is 9.00 Å². The van der Waals surface area contributed by atoms with Crippen LogP contribution in [-0.2, 0) is 15.6 Å². The second-order valence-electron chi connectivity index (χ2n) is 4.26. The molecule has 1 aromatic rings. The number of carbonyl (C=O) groups excluding carboxylic acids is 1. The number of aliphatic hydroxyl groups is 1. The third kappa shape index (κ3) is 3.92. The molecule has 1 rings (SSSR count). The monoisotopic (exact) mass is 269 g/mol. The average Bonchev–Trinajstić information content (AvgIpc) is 2.32. The van der Waals surface area contributed by atoms with E-state index in [1.165, 1.54) is 0 Å². The van der Waals surface area contributed by atoms with Crippen molar-refractivity contribution in [3.05, 3.63) is 29.3 Å². The Kier molecular flexibility index (Phi) is 5.50. The number of aliphatic hydroxyl groups excluding tert-OH is 1. The Morgan fingerprint density at radius 3 is 2.67 bits per heavy atom. The summed E-state index contributed by atoms with van der Waals surface area (Å²) >= 11 is 0. The first-order valence-corrected chi connectivity index (χ1v) is 7.20. The van der Waals surface area contributed by atoms with Crippen LogP contribution in [0.15, 0.2) is 18.2 Å². The van der Waals surface area contributed by atoms with Crippen LogP contribution in [0.3, 0.4) is 0 Å². The fourth-order valence-electron chi connectivity index (χ4n) is 1.57. The zero-order valence-corrected chi connectivity index (χ0v) is 11.7. The highest BCUT2D eigenvalue weighted by molar-refractivity contribution is 7.86. The van der Waals surface area contributed by atoms with Gasteiger partial charge in [0, 0.05) is 22.2 Å². The minimum atomic E-state index is -1.34.